The highest BCUT2D eigenvalue weighted by atomic mass is 16.2. The van der Waals surface area contributed by atoms with E-state index in [9.17, 15) is 9.59 Å². The van der Waals surface area contributed by atoms with Crippen molar-refractivity contribution in [3.8, 4) is 0 Å². The van der Waals surface area contributed by atoms with E-state index >= 15 is 0 Å². The van der Waals surface area contributed by atoms with E-state index in [1.54, 1.807) is 0 Å². The number of hydrogen-bond acceptors (Lipinski definition) is 3. The van der Waals surface area contributed by atoms with E-state index in [2.05, 4.69) is 0 Å². The third kappa shape index (κ3) is 3.82. The minimum Gasteiger partial charge on any atom is -0.341 e. The average molecular weight is 289 g/mol. The maximum Gasteiger partial charge on any atom is 0.253 e. The van der Waals surface area contributed by atoms with Gasteiger partial charge in [-0.2, -0.15) is 0 Å². The molecule has 2 amide bonds. The fourth-order valence-electron chi connectivity index (χ4n) is 2.56. The predicted molar refractivity (Wildman–Crippen MR) is 81.7 cm³/mol. The van der Waals surface area contributed by atoms with Crippen LogP contribution < -0.4 is 5.73 Å². The first kappa shape index (κ1) is 15.5. The van der Waals surface area contributed by atoms with Crippen LogP contribution in [0.2, 0.25) is 0 Å². The third-order valence-electron chi connectivity index (χ3n) is 3.87. The smallest absolute Gasteiger partial charge is 0.253 e. The van der Waals surface area contributed by atoms with Gasteiger partial charge in [0, 0.05) is 44.7 Å². The number of benzene rings is 1. The zero-order valence-electron chi connectivity index (χ0n) is 12.5. The quantitative estimate of drug-likeness (QED) is 0.910. The van der Waals surface area contributed by atoms with Gasteiger partial charge in [0.2, 0.25) is 5.91 Å². The largest absolute Gasteiger partial charge is 0.341 e. The van der Waals surface area contributed by atoms with Crippen LogP contribution in [0, 0.1) is 0 Å². The van der Waals surface area contributed by atoms with Crippen molar-refractivity contribution < 1.29 is 9.59 Å². The van der Waals surface area contributed by atoms with Crippen LogP contribution in [0.3, 0.4) is 0 Å². The summed E-state index contributed by atoms with van der Waals surface area (Å²) in [5.41, 5.74) is 7.26. The van der Waals surface area contributed by atoms with Crippen molar-refractivity contribution in [1.82, 2.24) is 9.80 Å². The molecule has 1 aliphatic rings. The second-order valence-corrected chi connectivity index (χ2v) is 5.28. The molecule has 1 aromatic carbocycles. The monoisotopic (exact) mass is 289 g/mol. The number of nitrogens with two attached hydrogens (primary N) is 1. The van der Waals surface area contributed by atoms with Gasteiger partial charge in [0.25, 0.3) is 5.91 Å². The summed E-state index contributed by atoms with van der Waals surface area (Å²) in [5, 5.41) is 0. The Morgan fingerprint density at radius 3 is 2.29 bits per heavy atom. The molecule has 0 spiro atoms. The molecule has 5 nitrogen and oxygen atoms in total. The van der Waals surface area contributed by atoms with E-state index in [0.29, 0.717) is 38.2 Å². The number of carbonyl (C=O) groups is 2. The first-order valence-corrected chi connectivity index (χ1v) is 7.51. The van der Waals surface area contributed by atoms with Crippen molar-refractivity contribution in [3.63, 3.8) is 0 Å². The second-order valence-electron chi connectivity index (χ2n) is 5.28. The Balaban J connectivity index is 2.00. The van der Waals surface area contributed by atoms with Crippen molar-refractivity contribution in [2.24, 2.45) is 5.73 Å². The van der Waals surface area contributed by atoms with Crippen LogP contribution >= 0.6 is 0 Å². The molecule has 1 saturated heterocycles. The highest BCUT2D eigenvalue weighted by Gasteiger charge is 2.21. The number of rotatable bonds is 3. The van der Waals surface area contributed by atoms with Crippen molar-refractivity contribution in [2.45, 2.75) is 26.3 Å². The third-order valence-corrected chi connectivity index (χ3v) is 3.87. The molecule has 0 aliphatic carbocycles. The van der Waals surface area contributed by atoms with Crippen molar-refractivity contribution in [1.29, 1.82) is 0 Å². The molecule has 0 unspecified atom stereocenters. The number of hydrogen-bond donors (Lipinski definition) is 1. The van der Waals surface area contributed by atoms with Gasteiger partial charge in [-0.3, -0.25) is 9.59 Å². The molecule has 1 aromatic rings. The fraction of sp³-hybridized carbons (Fsp3) is 0.500. The van der Waals surface area contributed by atoms with Gasteiger partial charge in [-0.05, 0) is 24.1 Å². The van der Waals surface area contributed by atoms with Crippen LogP contribution in [0.5, 0.6) is 0 Å². The molecule has 2 rings (SSSR count). The van der Waals surface area contributed by atoms with Gasteiger partial charge in [0.1, 0.15) is 0 Å². The lowest BCUT2D eigenvalue weighted by Gasteiger charge is -2.22. The minimum absolute atomic E-state index is 0.0318. The van der Waals surface area contributed by atoms with Crippen LogP contribution in [0.1, 0.15) is 35.7 Å². The standard InChI is InChI=1S/C16H23N3O2/c1-2-15(20)18-8-3-9-19(11-10-18)16(21)14-6-4-13(12-17)5-7-14/h4-7H,2-3,8-12,17H2,1H3. The molecular formula is C16H23N3O2. The SMILES string of the molecule is CCC(=O)N1CCCN(C(=O)c2ccc(CN)cc2)CC1. The molecule has 1 aliphatic heterocycles. The summed E-state index contributed by atoms with van der Waals surface area (Å²) in [7, 11) is 0. The molecule has 2 N–H and O–H groups in total. The Hall–Kier alpha value is -1.88. The second kappa shape index (κ2) is 7.22. The molecule has 1 fully saturated rings. The zero-order valence-corrected chi connectivity index (χ0v) is 12.5. The summed E-state index contributed by atoms with van der Waals surface area (Å²) in [6.07, 6.45) is 1.35. The Bertz CT molecular complexity index is 499. The number of amides is 2. The van der Waals surface area contributed by atoms with Gasteiger partial charge < -0.3 is 15.5 Å². The fourth-order valence-corrected chi connectivity index (χ4v) is 2.56. The maximum absolute atomic E-state index is 12.5. The van der Waals surface area contributed by atoms with Crippen molar-refractivity contribution in [3.05, 3.63) is 35.4 Å². The molecule has 21 heavy (non-hydrogen) atoms. The van der Waals surface area contributed by atoms with Crippen LogP contribution in [-0.4, -0.2) is 47.8 Å². The first-order chi connectivity index (χ1) is 10.2. The maximum atomic E-state index is 12.5. The van der Waals surface area contributed by atoms with Crippen LogP contribution in [-0.2, 0) is 11.3 Å². The lowest BCUT2D eigenvalue weighted by Crippen LogP contribution is -2.37. The lowest BCUT2D eigenvalue weighted by atomic mass is 10.1. The summed E-state index contributed by atoms with van der Waals surface area (Å²) >= 11 is 0. The molecule has 0 bridgehead atoms. The van der Waals surface area contributed by atoms with E-state index in [1.165, 1.54) is 0 Å². The first-order valence-electron chi connectivity index (χ1n) is 7.51. The predicted octanol–water partition coefficient (Wildman–Crippen LogP) is 1.23. The Kier molecular flexibility index (Phi) is 5.33. The molecule has 5 heteroatoms. The van der Waals surface area contributed by atoms with Gasteiger partial charge in [0.15, 0.2) is 0 Å². The topological polar surface area (TPSA) is 66.6 Å². The van der Waals surface area contributed by atoms with Gasteiger partial charge in [0.05, 0.1) is 0 Å². The van der Waals surface area contributed by atoms with Crippen molar-refractivity contribution >= 4 is 11.8 Å². The van der Waals surface area contributed by atoms with Crippen LogP contribution in [0.4, 0.5) is 0 Å². The van der Waals surface area contributed by atoms with E-state index < -0.39 is 0 Å². The van der Waals surface area contributed by atoms with E-state index in [1.807, 2.05) is 41.0 Å². The highest BCUT2D eigenvalue weighted by molar-refractivity contribution is 5.94. The Labute approximate surface area is 125 Å². The Morgan fingerprint density at radius 2 is 1.67 bits per heavy atom. The molecule has 114 valence electrons. The summed E-state index contributed by atoms with van der Waals surface area (Å²) in [5.74, 6) is 0.195. The van der Waals surface area contributed by atoms with Gasteiger partial charge in [-0.25, -0.2) is 0 Å². The zero-order chi connectivity index (χ0) is 15.2. The molecule has 0 atom stereocenters. The number of carbonyl (C=O) groups excluding carboxylic acids is 2. The molecule has 1 heterocycles. The summed E-state index contributed by atoms with van der Waals surface area (Å²) in [6.45, 7) is 5.01. The van der Waals surface area contributed by atoms with Crippen molar-refractivity contribution in [2.75, 3.05) is 26.2 Å². The lowest BCUT2D eigenvalue weighted by molar-refractivity contribution is -0.130. The molecular weight excluding hydrogens is 266 g/mol. The normalized spacial score (nSPS) is 15.7. The van der Waals surface area contributed by atoms with E-state index in [-0.39, 0.29) is 11.8 Å². The number of nitrogens with zero attached hydrogens (tertiary/aromatic N) is 2. The summed E-state index contributed by atoms with van der Waals surface area (Å²) < 4.78 is 0. The van der Waals surface area contributed by atoms with Crippen LogP contribution in [0.25, 0.3) is 0 Å². The minimum atomic E-state index is 0.0318. The summed E-state index contributed by atoms with van der Waals surface area (Å²) in [4.78, 5) is 27.9. The summed E-state index contributed by atoms with van der Waals surface area (Å²) in [6, 6.07) is 7.42. The van der Waals surface area contributed by atoms with Gasteiger partial charge in [-0.15, -0.1) is 0 Å². The van der Waals surface area contributed by atoms with E-state index in [4.69, 9.17) is 5.73 Å². The Morgan fingerprint density at radius 1 is 1.05 bits per heavy atom. The average Bonchev–Trinajstić information content (AvgIpc) is 2.79. The molecule has 0 saturated carbocycles. The van der Waals surface area contributed by atoms with Crippen LogP contribution in [0.15, 0.2) is 24.3 Å². The van der Waals surface area contributed by atoms with Gasteiger partial charge in [-0.1, -0.05) is 19.1 Å². The molecule has 0 radical (unpaired) electrons. The highest BCUT2D eigenvalue weighted by Crippen LogP contribution is 2.11. The van der Waals surface area contributed by atoms with E-state index in [0.717, 1.165) is 18.5 Å². The molecule has 0 aromatic heterocycles. The van der Waals surface area contributed by atoms with Gasteiger partial charge >= 0.3 is 0 Å².